The maximum atomic E-state index is 12.0. The Balaban J connectivity index is 1.72. The van der Waals surface area contributed by atoms with Crippen LogP contribution in [0, 0.1) is 0 Å². The molecular formula is C15H21N3O3. The first-order valence-corrected chi connectivity index (χ1v) is 7.06. The van der Waals surface area contributed by atoms with Crippen LogP contribution in [0.2, 0.25) is 0 Å². The van der Waals surface area contributed by atoms with Crippen LogP contribution in [0.1, 0.15) is 18.4 Å². The molecule has 21 heavy (non-hydrogen) atoms. The highest BCUT2D eigenvalue weighted by Crippen LogP contribution is 2.17. The van der Waals surface area contributed by atoms with Crippen molar-refractivity contribution in [2.45, 2.75) is 24.9 Å². The average Bonchev–Trinajstić information content (AvgIpc) is 2.52. The first-order chi connectivity index (χ1) is 10.1. The molecule has 1 heterocycles. The van der Waals surface area contributed by atoms with Gasteiger partial charge >= 0.3 is 0 Å². The van der Waals surface area contributed by atoms with E-state index in [4.69, 9.17) is 10.5 Å². The Labute approximate surface area is 124 Å². The lowest BCUT2D eigenvalue weighted by atomic mass is 9.90. The monoisotopic (exact) mass is 291 g/mol. The second-order valence-electron chi connectivity index (χ2n) is 5.21. The van der Waals surface area contributed by atoms with Crippen LogP contribution in [0.4, 0.5) is 0 Å². The number of nitrogens with two attached hydrogens (primary N) is 1. The van der Waals surface area contributed by atoms with Gasteiger partial charge in [0.05, 0.1) is 12.1 Å². The van der Waals surface area contributed by atoms with E-state index in [2.05, 4.69) is 10.6 Å². The van der Waals surface area contributed by atoms with E-state index in [1.54, 1.807) is 0 Å². The van der Waals surface area contributed by atoms with E-state index >= 15 is 0 Å². The number of carbonyl (C=O) groups is 2. The molecule has 1 aromatic rings. The van der Waals surface area contributed by atoms with Crippen LogP contribution < -0.4 is 16.4 Å². The maximum absolute atomic E-state index is 12.0. The minimum atomic E-state index is -0.919. The van der Waals surface area contributed by atoms with Crippen molar-refractivity contribution in [3.05, 3.63) is 35.9 Å². The molecule has 0 radical (unpaired) electrons. The van der Waals surface area contributed by atoms with Crippen LogP contribution in [0.15, 0.2) is 30.3 Å². The first-order valence-electron chi connectivity index (χ1n) is 7.06. The Morgan fingerprint density at radius 2 is 1.81 bits per heavy atom. The molecule has 1 saturated heterocycles. The molecule has 6 nitrogen and oxygen atoms in total. The molecule has 0 atom stereocenters. The Kier molecular flexibility index (Phi) is 5.30. The third-order valence-electron chi connectivity index (χ3n) is 3.58. The fourth-order valence-electron chi connectivity index (χ4n) is 2.16. The molecule has 6 heteroatoms. The van der Waals surface area contributed by atoms with Gasteiger partial charge < -0.3 is 21.1 Å². The van der Waals surface area contributed by atoms with Gasteiger partial charge in [-0.25, -0.2) is 0 Å². The van der Waals surface area contributed by atoms with Gasteiger partial charge in [-0.3, -0.25) is 9.59 Å². The van der Waals surface area contributed by atoms with Crippen molar-refractivity contribution in [3.8, 4) is 0 Å². The van der Waals surface area contributed by atoms with Crippen LogP contribution in [0.25, 0.3) is 0 Å². The summed E-state index contributed by atoms with van der Waals surface area (Å²) in [6.07, 6.45) is 0.953. The summed E-state index contributed by atoms with van der Waals surface area (Å²) in [5.41, 5.74) is 6.12. The van der Waals surface area contributed by atoms with E-state index in [-0.39, 0.29) is 18.4 Å². The van der Waals surface area contributed by atoms with E-state index in [9.17, 15) is 9.59 Å². The van der Waals surface area contributed by atoms with Gasteiger partial charge in [0.1, 0.15) is 0 Å². The molecule has 0 aromatic heterocycles. The average molecular weight is 291 g/mol. The molecule has 114 valence electrons. The number of benzene rings is 1. The van der Waals surface area contributed by atoms with Gasteiger partial charge in [-0.05, 0) is 18.4 Å². The highest BCUT2D eigenvalue weighted by molar-refractivity contribution is 5.90. The zero-order valence-corrected chi connectivity index (χ0v) is 11.9. The lowest BCUT2D eigenvalue weighted by Crippen LogP contribution is -2.58. The third kappa shape index (κ3) is 4.54. The molecule has 1 aliphatic rings. The molecule has 1 aromatic carbocycles. The Bertz CT molecular complexity index is 484. The van der Waals surface area contributed by atoms with Gasteiger partial charge in [-0.15, -0.1) is 0 Å². The van der Waals surface area contributed by atoms with Crippen LogP contribution in [0.3, 0.4) is 0 Å². The fourth-order valence-corrected chi connectivity index (χ4v) is 2.16. The SMILES string of the molecule is NC1(C(=O)NCC(=O)NCc2ccccc2)CCOCC1. The minimum absolute atomic E-state index is 0.0640. The summed E-state index contributed by atoms with van der Waals surface area (Å²) in [4.78, 5) is 23.7. The predicted octanol–water partition coefficient (Wildman–Crippen LogP) is -0.0731. The van der Waals surface area contributed by atoms with Crippen LogP contribution in [0.5, 0.6) is 0 Å². The molecule has 0 bridgehead atoms. The van der Waals surface area contributed by atoms with Crippen molar-refractivity contribution in [1.29, 1.82) is 0 Å². The number of hydrogen-bond donors (Lipinski definition) is 3. The second-order valence-corrected chi connectivity index (χ2v) is 5.21. The van der Waals surface area contributed by atoms with Gasteiger partial charge in [0, 0.05) is 19.8 Å². The minimum Gasteiger partial charge on any atom is -0.381 e. The quantitative estimate of drug-likeness (QED) is 0.708. The fraction of sp³-hybridized carbons (Fsp3) is 0.467. The number of carbonyl (C=O) groups excluding carboxylic acids is 2. The number of amides is 2. The Morgan fingerprint density at radius 1 is 1.14 bits per heavy atom. The molecular weight excluding hydrogens is 270 g/mol. The van der Waals surface area contributed by atoms with Gasteiger partial charge in [-0.1, -0.05) is 30.3 Å². The largest absolute Gasteiger partial charge is 0.381 e. The number of ether oxygens (including phenoxy) is 1. The van der Waals surface area contributed by atoms with Crippen molar-refractivity contribution >= 4 is 11.8 Å². The van der Waals surface area contributed by atoms with Crippen LogP contribution in [-0.4, -0.2) is 37.1 Å². The molecule has 2 amide bonds. The lowest BCUT2D eigenvalue weighted by molar-refractivity contribution is -0.132. The summed E-state index contributed by atoms with van der Waals surface area (Å²) in [6, 6.07) is 9.59. The maximum Gasteiger partial charge on any atom is 0.240 e. The zero-order valence-electron chi connectivity index (χ0n) is 11.9. The zero-order chi connectivity index (χ0) is 15.1. The summed E-state index contributed by atoms with van der Waals surface area (Å²) in [6.45, 7) is 1.33. The van der Waals surface area contributed by atoms with E-state index < -0.39 is 5.54 Å². The van der Waals surface area contributed by atoms with Crippen molar-refractivity contribution in [2.75, 3.05) is 19.8 Å². The molecule has 0 unspecified atom stereocenters. The van der Waals surface area contributed by atoms with Gasteiger partial charge in [0.15, 0.2) is 0 Å². The van der Waals surface area contributed by atoms with Crippen molar-refractivity contribution in [3.63, 3.8) is 0 Å². The summed E-state index contributed by atoms with van der Waals surface area (Å²) in [5.74, 6) is -0.525. The van der Waals surface area contributed by atoms with Crippen LogP contribution >= 0.6 is 0 Å². The van der Waals surface area contributed by atoms with Crippen molar-refractivity contribution < 1.29 is 14.3 Å². The molecule has 2 rings (SSSR count). The molecule has 1 aliphatic heterocycles. The first kappa shape index (κ1) is 15.5. The van der Waals surface area contributed by atoms with Crippen molar-refractivity contribution in [1.82, 2.24) is 10.6 Å². The molecule has 0 spiro atoms. The van der Waals surface area contributed by atoms with E-state index in [0.717, 1.165) is 5.56 Å². The van der Waals surface area contributed by atoms with Gasteiger partial charge in [0.25, 0.3) is 0 Å². The Hall–Kier alpha value is -1.92. The lowest BCUT2D eigenvalue weighted by Gasteiger charge is -2.31. The summed E-state index contributed by atoms with van der Waals surface area (Å²) < 4.78 is 5.19. The van der Waals surface area contributed by atoms with Crippen LogP contribution in [-0.2, 0) is 20.9 Å². The molecule has 0 saturated carbocycles. The third-order valence-corrected chi connectivity index (χ3v) is 3.58. The van der Waals surface area contributed by atoms with E-state index in [0.29, 0.717) is 32.6 Å². The second kappa shape index (κ2) is 7.19. The van der Waals surface area contributed by atoms with E-state index in [1.165, 1.54) is 0 Å². The molecule has 1 fully saturated rings. The van der Waals surface area contributed by atoms with Gasteiger partial charge in [0.2, 0.25) is 11.8 Å². The number of rotatable bonds is 5. The summed E-state index contributed by atoms with van der Waals surface area (Å²) >= 11 is 0. The smallest absolute Gasteiger partial charge is 0.240 e. The van der Waals surface area contributed by atoms with Crippen molar-refractivity contribution in [2.24, 2.45) is 5.73 Å². The van der Waals surface area contributed by atoms with Gasteiger partial charge in [-0.2, -0.15) is 0 Å². The number of hydrogen-bond acceptors (Lipinski definition) is 4. The standard InChI is InChI=1S/C15H21N3O3/c16-15(6-8-21-9-7-15)14(20)18-11-13(19)17-10-12-4-2-1-3-5-12/h1-5H,6-11,16H2,(H,17,19)(H,18,20). The van der Waals surface area contributed by atoms with E-state index in [1.807, 2.05) is 30.3 Å². The Morgan fingerprint density at radius 3 is 2.48 bits per heavy atom. The normalized spacial score (nSPS) is 17.0. The highest BCUT2D eigenvalue weighted by atomic mass is 16.5. The topological polar surface area (TPSA) is 93.5 Å². The summed E-state index contributed by atoms with van der Waals surface area (Å²) in [7, 11) is 0. The number of nitrogens with one attached hydrogen (secondary N) is 2. The predicted molar refractivity (Wildman–Crippen MR) is 78.3 cm³/mol. The highest BCUT2D eigenvalue weighted by Gasteiger charge is 2.35. The molecule has 4 N–H and O–H groups in total. The molecule has 0 aliphatic carbocycles. The summed E-state index contributed by atoms with van der Waals surface area (Å²) in [5, 5.41) is 5.35.